The standard InChI is InChI=1S/C27H37FO4.C25H33FO4.C24H31FO4/c1-18(2)32-27(31)12-6-4-3-5-11-23-22(24(28)17-26(23)30)13-14-25(29)21-15-19-9-7-8-10-20(19)16-21;1-30-25(29)11-5-3-2-4-10-21-20(22(26)16-24(21)28)12-13-23(27)19-14-17-8-6-7-9-18(17)15-19;25-21-15-23(27)20(9-3-1-2-4-10-24(28)29)19(21)11-12-22(26)18-13-16-7-5-6-8-17(16)14-18/h3,5,7-10,13-14,18,21-26,29-30H,4,6,11-12,15-17H2,1-2H3;2,4,6-9,12-13,19-24,27-28H,3,5,10-11,14-16H2,1H3;1,3,5-8,11-12,18-23,26-27H,2,4,9-10,13-15H2,(H,28,29)/b5-3-,14-13+;4-2-,13-12+;3-1-,12-11+/t22?,23?,24-,25-,26-;20?,21?,22-,23-,24-;19?,20?,21-,22-,23-/m000/s1. The average molecular weight is 1260 g/mol. The maximum atomic E-state index is 14.6. The molecule has 0 amide bonds. The van der Waals surface area contributed by atoms with Crippen molar-refractivity contribution in [2.24, 2.45) is 53.3 Å². The van der Waals surface area contributed by atoms with E-state index in [1.54, 1.807) is 36.5 Å². The lowest BCUT2D eigenvalue weighted by Gasteiger charge is -2.20. The molecule has 6 aliphatic carbocycles. The number of aliphatic carboxylic acids is 1. The number of allylic oxidation sites excluding steroid dienone is 9. The van der Waals surface area contributed by atoms with Crippen LogP contribution in [0.5, 0.6) is 0 Å². The Morgan fingerprint density at radius 1 is 0.473 bits per heavy atom. The third-order valence-corrected chi connectivity index (χ3v) is 19.5. The molecule has 12 nitrogen and oxygen atoms in total. The number of halogens is 3. The van der Waals surface area contributed by atoms with Crippen LogP contribution in [0.15, 0.2) is 146 Å². The Bertz CT molecular complexity index is 2840. The van der Waals surface area contributed by atoms with Gasteiger partial charge in [0.05, 0.1) is 49.8 Å². The van der Waals surface area contributed by atoms with E-state index in [1.165, 1.54) is 40.5 Å². The second kappa shape index (κ2) is 37.1. The summed E-state index contributed by atoms with van der Waals surface area (Å²) in [5.41, 5.74) is 7.68. The van der Waals surface area contributed by atoms with Gasteiger partial charge < -0.3 is 45.2 Å². The smallest absolute Gasteiger partial charge is 0.306 e. The predicted molar refractivity (Wildman–Crippen MR) is 349 cm³/mol. The summed E-state index contributed by atoms with van der Waals surface area (Å²) in [4.78, 5) is 33.2. The Morgan fingerprint density at radius 3 is 1.03 bits per heavy atom. The highest BCUT2D eigenvalue weighted by atomic mass is 19.1. The van der Waals surface area contributed by atoms with Gasteiger partial charge in [0.2, 0.25) is 0 Å². The third-order valence-electron chi connectivity index (χ3n) is 19.5. The van der Waals surface area contributed by atoms with Gasteiger partial charge >= 0.3 is 17.9 Å². The number of esters is 2. The molecule has 91 heavy (non-hydrogen) atoms. The number of alkyl halides is 3. The molecule has 6 unspecified atom stereocenters. The maximum absolute atomic E-state index is 14.6. The van der Waals surface area contributed by atoms with Crippen molar-refractivity contribution < 1.29 is 72.8 Å². The van der Waals surface area contributed by atoms with Crippen molar-refractivity contribution in [3.8, 4) is 0 Å². The molecule has 0 aromatic heterocycles. The molecule has 0 heterocycles. The number of carbonyl (C=O) groups excluding carboxylic acids is 2. The summed E-state index contributed by atoms with van der Waals surface area (Å²) in [6.45, 7) is 3.67. The van der Waals surface area contributed by atoms with Crippen molar-refractivity contribution in [3.63, 3.8) is 0 Å². The van der Waals surface area contributed by atoms with Crippen molar-refractivity contribution >= 4 is 17.9 Å². The van der Waals surface area contributed by atoms with Crippen molar-refractivity contribution in [1.29, 1.82) is 0 Å². The van der Waals surface area contributed by atoms with Crippen molar-refractivity contribution in [2.45, 2.75) is 210 Å². The fourth-order valence-electron chi connectivity index (χ4n) is 14.3. The number of ether oxygens (including phenoxy) is 2. The van der Waals surface area contributed by atoms with E-state index in [2.05, 4.69) is 41.1 Å². The summed E-state index contributed by atoms with van der Waals surface area (Å²) >= 11 is 0. The number of carbonyl (C=O) groups is 3. The Kier molecular flexibility index (Phi) is 29.5. The molecule has 0 saturated heterocycles. The van der Waals surface area contributed by atoms with Crippen LogP contribution in [0.4, 0.5) is 13.2 Å². The van der Waals surface area contributed by atoms with Crippen LogP contribution in [0.25, 0.3) is 0 Å². The molecular formula is C76H101F3O12. The number of fused-ring (bicyclic) bond motifs is 3. The number of aliphatic hydroxyl groups is 6. The van der Waals surface area contributed by atoms with Crippen LogP contribution in [-0.4, -0.2) is 122 Å². The van der Waals surface area contributed by atoms with E-state index >= 15 is 0 Å². The molecule has 0 spiro atoms. The van der Waals surface area contributed by atoms with Crippen LogP contribution < -0.4 is 0 Å². The largest absolute Gasteiger partial charge is 0.481 e. The number of benzene rings is 3. The molecule has 7 N–H and O–H groups in total. The van der Waals surface area contributed by atoms with Gasteiger partial charge in [0.1, 0.15) is 18.5 Å². The van der Waals surface area contributed by atoms with Gasteiger partial charge in [-0.2, -0.15) is 0 Å². The van der Waals surface area contributed by atoms with Crippen LogP contribution in [0, 0.1) is 53.3 Å². The molecule has 3 aromatic rings. The van der Waals surface area contributed by atoms with Crippen LogP contribution in [0.2, 0.25) is 0 Å². The molecule has 498 valence electrons. The van der Waals surface area contributed by atoms with Gasteiger partial charge in [-0.1, -0.05) is 146 Å². The van der Waals surface area contributed by atoms with Gasteiger partial charge in [0.25, 0.3) is 0 Å². The van der Waals surface area contributed by atoms with Gasteiger partial charge in [0, 0.05) is 56.3 Å². The Labute approximate surface area is 537 Å². The molecule has 0 aliphatic heterocycles. The number of methoxy groups -OCH3 is 1. The first kappa shape index (κ1) is 72.5. The minimum atomic E-state index is -1.11. The lowest BCUT2D eigenvalue weighted by Crippen LogP contribution is -2.21. The summed E-state index contributed by atoms with van der Waals surface area (Å²) in [5, 5.41) is 71.5. The fourth-order valence-corrected chi connectivity index (χ4v) is 14.3. The fraction of sp³-hybridized carbons (Fsp3) is 0.566. The highest BCUT2D eigenvalue weighted by Crippen LogP contribution is 2.42. The summed E-state index contributed by atoms with van der Waals surface area (Å²) in [7, 11) is 1.38. The molecule has 3 saturated carbocycles. The topological polar surface area (TPSA) is 211 Å². The van der Waals surface area contributed by atoms with Gasteiger partial charge in [-0.05, 0) is 179 Å². The number of hydrogen-bond acceptors (Lipinski definition) is 11. The number of carboxylic acids is 1. The lowest BCUT2D eigenvalue weighted by atomic mass is 9.89. The Hall–Kier alpha value is -5.94. The molecule has 3 fully saturated rings. The first-order valence-electron chi connectivity index (χ1n) is 33.5. The number of aliphatic hydroxyl groups excluding tert-OH is 6. The first-order chi connectivity index (χ1) is 43.8. The molecule has 9 rings (SSSR count). The minimum absolute atomic E-state index is 0.0944. The number of carboxylic acid groups (broad SMARTS) is 1. The van der Waals surface area contributed by atoms with Gasteiger partial charge in [0.15, 0.2) is 0 Å². The molecule has 6 aliphatic rings. The molecule has 0 bridgehead atoms. The highest BCUT2D eigenvalue weighted by molar-refractivity contribution is 5.69. The summed E-state index contributed by atoms with van der Waals surface area (Å²) in [6.07, 6.45) is 27.1. The number of unbranched alkanes of at least 4 members (excludes halogenated alkanes) is 3. The minimum Gasteiger partial charge on any atom is -0.481 e. The van der Waals surface area contributed by atoms with E-state index in [4.69, 9.17) is 9.84 Å². The lowest BCUT2D eigenvalue weighted by molar-refractivity contribution is -0.147. The van der Waals surface area contributed by atoms with Crippen LogP contribution in [0.3, 0.4) is 0 Å². The molecular weight excluding hydrogens is 1160 g/mol. The summed E-state index contributed by atoms with van der Waals surface area (Å²) < 4.78 is 53.3. The predicted octanol–water partition coefficient (Wildman–Crippen LogP) is 12.5. The summed E-state index contributed by atoms with van der Waals surface area (Å²) in [6, 6.07) is 24.7. The van der Waals surface area contributed by atoms with E-state index in [0.717, 1.165) is 51.4 Å². The molecule has 15 atom stereocenters. The zero-order chi connectivity index (χ0) is 65.4. The van der Waals surface area contributed by atoms with Crippen molar-refractivity contribution in [1.82, 2.24) is 0 Å². The summed E-state index contributed by atoms with van der Waals surface area (Å²) in [5.74, 6) is -2.66. The van der Waals surface area contributed by atoms with E-state index in [-0.39, 0.29) is 79.2 Å². The van der Waals surface area contributed by atoms with E-state index in [1.807, 2.05) is 86.7 Å². The quantitative estimate of drug-likeness (QED) is 0.0206. The zero-order valence-corrected chi connectivity index (χ0v) is 53.5. The average Bonchev–Trinajstić information content (AvgIpc) is 1.84. The monoisotopic (exact) mass is 1260 g/mol. The van der Waals surface area contributed by atoms with Crippen LogP contribution in [0.1, 0.15) is 144 Å². The van der Waals surface area contributed by atoms with Gasteiger partial charge in [-0.3, -0.25) is 14.4 Å². The Morgan fingerprint density at radius 2 is 0.758 bits per heavy atom. The third kappa shape index (κ3) is 22.4. The number of rotatable bonds is 28. The van der Waals surface area contributed by atoms with Gasteiger partial charge in [-0.15, -0.1) is 0 Å². The maximum Gasteiger partial charge on any atom is 0.306 e. The Balaban J connectivity index is 0.000000194. The first-order valence-corrected chi connectivity index (χ1v) is 33.5. The zero-order valence-electron chi connectivity index (χ0n) is 53.5. The van der Waals surface area contributed by atoms with E-state index in [0.29, 0.717) is 57.8 Å². The second-order valence-corrected chi connectivity index (χ2v) is 26.4. The van der Waals surface area contributed by atoms with Crippen LogP contribution >= 0.6 is 0 Å². The molecule has 15 heteroatoms. The van der Waals surface area contributed by atoms with Crippen LogP contribution in [-0.2, 0) is 62.4 Å². The van der Waals surface area contributed by atoms with Gasteiger partial charge in [-0.25, -0.2) is 13.2 Å². The van der Waals surface area contributed by atoms with Crippen molar-refractivity contribution in [2.75, 3.05) is 7.11 Å². The normalized spacial score (nSPS) is 27.7. The highest BCUT2D eigenvalue weighted by Gasteiger charge is 2.43. The van der Waals surface area contributed by atoms with Crippen molar-refractivity contribution in [3.05, 3.63) is 179 Å². The van der Waals surface area contributed by atoms with E-state index in [9.17, 15) is 58.2 Å². The SMILES string of the molecule is CC(C)OC(=O)CCC/C=C\CC1C(/C=C/[C@H](O)C2Cc3ccccc3C2)[C@@H](F)C[C@@H]1O.COC(=O)CCC/C=C\CC1C(/C=C/[C@H](O)C2Cc3ccccc3C2)[C@@H](F)C[C@@H]1O.O=C(O)CCC/C=C\CC1C(/C=C/[C@H](O)C2Cc3ccccc3C2)[C@@H](F)C[C@@H]1O. The second-order valence-electron chi connectivity index (χ2n) is 26.4. The van der Waals surface area contributed by atoms with E-state index < -0.39 is 78.9 Å². The molecule has 3 aromatic carbocycles. The molecule has 0 radical (unpaired) electrons. The number of hydrogen-bond donors (Lipinski definition) is 7.